The Morgan fingerprint density at radius 2 is 1.91 bits per heavy atom. The van der Waals surface area contributed by atoms with Crippen molar-refractivity contribution in [3.63, 3.8) is 0 Å². The second-order valence-corrected chi connectivity index (χ2v) is 12.6. The number of nitriles is 1. The summed E-state index contributed by atoms with van der Waals surface area (Å²) in [6.45, 7) is 12.9. The van der Waals surface area contributed by atoms with Gasteiger partial charge in [0.25, 0.3) is 5.91 Å². The van der Waals surface area contributed by atoms with E-state index in [4.69, 9.17) is 9.72 Å². The number of carbonyl (C=O) groups excluding carboxylic acids is 1. The Morgan fingerprint density at radius 3 is 2.57 bits per heavy atom. The number of likely N-dealkylation sites (N-methyl/N-ethyl adjacent to an activating group) is 1. The Morgan fingerprint density at radius 1 is 1.16 bits per heavy atom. The number of fused-ring (bicyclic) bond motifs is 2. The molecule has 0 N–H and O–H groups in total. The molecule has 2 saturated heterocycles. The number of pyridine rings is 1. The predicted molar refractivity (Wildman–Crippen MR) is 169 cm³/mol. The van der Waals surface area contributed by atoms with Crippen LogP contribution in [-0.4, -0.2) is 88.4 Å². The number of halogens is 1. The quantitative estimate of drug-likeness (QED) is 0.391. The molecule has 3 aliphatic heterocycles. The first-order valence-electron chi connectivity index (χ1n) is 15.5. The van der Waals surface area contributed by atoms with E-state index in [0.717, 1.165) is 59.5 Å². The first-order chi connectivity index (χ1) is 21.1. The summed E-state index contributed by atoms with van der Waals surface area (Å²) in [6.07, 6.45) is 4.78. The van der Waals surface area contributed by atoms with Crippen molar-refractivity contribution in [1.82, 2.24) is 24.6 Å². The van der Waals surface area contributed by atoms with Gasteiger partial charge in [-0.3, -0.25) is 9.48 Å². The Kier molecular flexibility index (Phi) is 7.97. The van der Waals surface area contributed by atoms with E-state index in [-0.39, 0.29) is 18.1 Å². The minimum Gasteiger partial charge on any atom is -0.475 e. The number of benzene rings is 1. The molecule has 5 heterocycles. The summed E-state index contributed by atoms with van der Waals surface area (Å²) in [5, 5.41) is 16.2. The predicted octanol–water partition coefficient (Wildman–Crippen LogP) is 4.09. The molecule has 3 atom stereocenters. The minimum absolute atomic E-state index is 0.272. The molecule has 1 aromatic carbocycles. The van der Waals surface area contributed by atoms with Crippen LogP contribution < -0.4 is 14.5 Å². The van der Waals surface area contributed by atoms with Crippen molar-refractivity contribution in [3.8, 4) is 11.9 Å². The van der Waals surface area contributed by atoms with Crippen LogP contribution >= 0.6 is 0 Å². The molecule has 10 nitrogen and oxygen atoms in total. The van der Waals surface area contributed by atoms with Gasteiger partial charge in [0.05, 0.1) is 35.3 Å². The molecule has 3 aromatic rings. The molecule has 0 radical (unpaired) electrons. The summed E-state index contributed by atoms with van der Waals surface area (Å²) < 4.78 is 22.2. The summed E-state index contributed by atoms with van der Waals surface area (Å²) in [5.74, 6) is -1.28. The molecule has 0 bridgehead atoms. The third-order valence-corrected chi connectivity index (χ3v) is 9.61. The lowest BCUT2D eigenvalue weighted by Gasteiger charge is -2.46. The maximum atomic E-state index is 13.9. The third-order valence-electron chi connectivity index (χ3n) is 9.61. The van der Waals surface area contributed by atoms with Crippen molar-refractivity contribution in [2.24, 2.45) is 7.05 Å². The molecule has 232 valence electrons. The largest absolute Gasteiger partial charge is 0.475 e. The third kappa shape index (κ3) is 5.15. The maximum absolute atomic E-state index is 13.9. The molecule has 1 amide bonds. The van der Waals surface area contributed by atoms with Crippen LogP contribution in [-0.2, 0) is 24.8 Å². The average Bonchev–Trinajstić information content (AvgIpc) is 3.58. The maximum Gasteiger partial charge on any atom is 0.282 e. The van der Waals surface area contributed by atoms with Gasteiger partial charge in [-0.1, -0.05) is 12.6 Å². The molecule has 44 heavy (non-hydrogen) atoms. The lowest BCUT2D eigenvalue weighted by atomic mass is 9.95. The van der Waals surface area contributed by atoms with Crippen LogP contribution in [0.3, 0.4) is 0 Å². The first kappa shape index (κ1) is 29.9. The molecule has 6 rings (SSSR count). The first-order valence-corrected chi connectivity index (χ1v) is 15.5. The van der Waals surface area contributed by atoms with Crippen LogP contribution in [0.2, 0.25) is 0 Å². The number of likely N-dealkylation sites (tertiary alicyclic amines) is 1. The summed E-state index contributed by atoms with van der Waals surface area (Å²) >= 11 is 0. The van der Waals surface area contributed by atoms with Crippen molar-refractivity contribution in [3.05, 3.63) is 53.1 Å². The monoisotopic (exact) mass is 600 g/mol. The highest BCUT2D eigenvalue weighted by Crippen LogP contribution is 2.40. The van der Waals surface area contributed by atoms with E-state index in [1.54, 1.807) is 4.90 Å². The number of aryl methyl sites for hydroxylation is 2. The van der Waals surface area contributed by atoms with E-state index in [1.807, 2.05) is 31.8 Å². The smallest absolute Gasteiger partial charge is 0.282 e. The number of hydrogen-bond donors (Lipinski definition) is 0. The number of aromatic nitrogens is 3. The van der Waals surface area contributed by atoms with Gasteiger partial charge < -0.3 is 24.3 Å². The number of hydrogen-bond acceptors (Lipinski definition) is 8. The highest BCUT2D eigenvalue weighted by atomic mass is 19.1. The van der Waals surface area contributed by atoms with Gasteiger partial charge in [-0.25, -0.2) is 9.37 Å². The Bertz CT molecular complexity index is 1650. The number of nitrogens with zero attached hydrogens (tertiary/aromatic N) is 8. The zero-order chi connectivity index (χ0) is 31.3. The van der Waals surface area contributed by atoms with Crippen LogP contribution in [0.1, 0.15) is 49.1 Å². The molecule has 11 heteroatoms. The molecule has 0 saturated carbocycles. The topological polar surface area (TPSA) is 93.8 Å². The van der Waals surface area contributed by atoms with E-state index >= 15 is 0 Å². The second kappa shape index (κ2) is 11.7. The normalized spacial score (nSPS) is 22.3. The zero-order valence-corrected chi connectivity index (χ0v) is 26.3. The number of piperazine rings is 1. The Labute approximate surface area is 258 Å². The number of ether oxygens (including phenoxy) is 1. The summed E-state index contributed by atoms with van der Waals surface area (Å²) in [5.41, 5.74) is 6.56. The highest BCUT2D eigenvalue weighted by molar-refractivity contribution is 5.94. The van der Waals surface area contributed by atoms with Crippen molar-refractivity contribution in [2.75, 3.05) is 49.6 Å². The molecule has 0 aliphatic carbocycles. The molecular formula is C33H41FN8O2. The molecule has 3 aliphatic rings. The second-order valence-electron chi connectivity index (χ2n) is 12.6. The molecule has 1 unspecified atom stereocenters. The number of anilines is 2. The zero-order valence-electron chi connectivity index (χ0n) is 26.3. The van der Waals surface area contributed by atoms with E-state index in [0.29, 0.717) is 44.1 Å². The number of amides is 1. The molecule has 2 aromatic heterocycles. The van der Waals surface area contributed by atoms with Crippen LogP contribution in [0.4, 0.5) is 15.8 Å². The van der Waals surface area contributed by atoms with Crippen LogP contribution in [0.25, 0.3) is 10.9 Å². The SMILES string of the molecule is C=C(F)C(=O)N1[C@H](C)CN(c2c(C#N)c(OCC3CCCN3C)nc3c2CCN(c2c(C)ccc4c2cnn4C)C3)C[C@@H]1C. The van der Waals surface area contributed by atoms with Crippen molar-refractivity contribution in [1.29, 1.82) is 5.26 Å². The van der Waals surface area contributed by atoms with Crippen molar-refractivity contribution < 1.29 is 13.9 Å². The summed E-state index contributed by atoms with van der Waals surface area (Å²) in [6, 6.07) is 6.38. The lowest BCUT2D eigenvalue weighted by molar-refractivity contribution is -0.133. The Balaban J connectivity index is 1.41. The lowest BCUT2D eigenvalue weighted by Crippen LogP contribution is -2.59. The number of rotatable bonds is 6. The van der Waals surface area contributed by atoms with Gasteiger partial charge in [-0.2, -0.15) is 10.4 Å². The van der Waals surface area contributed by atoms with Crippen LogP contribution in [0.15, 0.2) is 30.7 Å². The summed E-state index contributed by atoms with van der Waals surface area (Å²) in [7, 11) is 4.06. The molecule has 0 spiro atoms. The Hall–Kier alpha value is -4.17. The van der Waals surface area contributed by atoms with Gasteiger partial charge in [0.1, 0.15) is 18.2 Å². The standard InChI is InChI=1S/C33H41FN8O2/c1-20-9-10-29-27(15-36-39(29)6)30(20)40-13-11-25-28(18-40)37-32(44-19-24-8-7-12-38(24)5)26(14-35)31(25)41-16-21(2)42(22(3)17-41)33(43)23(4)34/h9-10,15,21-22,24H,4,7-8,11-13,16-19H2,1-3,5-6H3/t21-,22+,24?. The van der Waals surface area contributed by atoms with Gasteiger partial charge in [-0.05, 0) is 65.3 Å². The summed E-state index contributed by atoms with van der Waals surface area (Å²) in [4.78, 5) is 26.1. The highest BCUT2D eigenvalue weighted by Gasteiger charge is 2.38. The van der Waals surface area contributed by atoms with E-state index in [1.165, 1.54) is 5.56 Å². The van der Waals surface area contributed by atoms with Gasteiger partial charge in [0.15, 0.2) is 5.83 Å². The van der Waals surface area contributed by atoms with Crippen LogP contribution in [0, 0.1) is 18.3 Å². The van der Waals surface area contributed by atoms with E-state index in [9.17, 15) is 14.4 Å². The fraction of sp³-hybridized carbons (Fsp3) is 0.515. The van der Waals surface area contributed by atoms with Gasteiger partial charge in [-0.15, -0.1) is 0 Å². The van der Waals surface area contributed by atoms with Crippen molar-refractivity contribution in [2.45, 2.75) is 64.7 Å². The van der Waals surface area contributed by atoms with E-state index < -0.39 is 11.7 Å². The molecular weight excluding hydrogens is 559 g/mol. The minimum atomic E-state index is -0.956. The fourth-order valence-corrected chi connectivity index (χ4v) is 7.43. The molecule has 2 fully saturated rings. The van der Waals surface area contributed by atoms with Gasteiger partial charge in [0.2, 0.25) is 5.88 Å². The van der Waals surface area contributed by atoms with E-state index in [2.05, 4.69) is 58.6 Å². The van der Waals surface area contributed by atoms with Gasteiger partial charge >= 0.3 is 0 Å². The average molecular weight is 601 g/mol. The van der Waals surface area contributed by atoms with Crippen LogP contribution in [0.5, 0.6) is 5.88 Å². The van der Waals surface area contributed by atoms with Gasteiger partial charge in [0, 0.05) is 55.8 Å². The van der Waals surface area contributed by atoms with Crippen molar-refractivity contribution >= 4 is 28.2 Å². The fourth-order valence-electron chi connectivity index (χ4n) is 7.43. The number of carbonyl (C=O) groups is 1.